The van der Waals surface area contributed by atoms with Gasteiger partial charge < -0.3 is 20.4 Å². The summed E-state index contributed by atoms with van der Waals surface area (Å²) in [6.45, 7) is 0. The maximum absolute atomic E-state index is 11.9. The number of carbonyl (C=O) groups is 1. The molecular formula is C17H16N4O2. The van der Waals surface area contributed by atoms with Crippen molar-refractivity contribution in [1.82, 2.24) is 15.3 Å². The van der Waals surface area contributed by atoms with E-state index in [2.05, 4.69) is 20.6 Å². The summed E-state index contributed by atoms with van der Waals surface area (Å²) in [7, 11) is 1.62. The molecule has 3 aromatic rings. The highest BCUT2D eigenvalue weighted by Crippen LogP contribution is 2.15. The smallest absolute Gasteiger partial charge is 0.323 e. The van der Waals surface area contributed by atoms with E-state index < -0.39 is 0 Å². The SMILES string of the molecule is COc1ccc(/C=C/NC(=O)Nc2ccc3nc[nH]c3c2)cc1. The number of ether oxygens (including phenoxy) is 1. The molecule has 0 bridgehead atoms. The molecule has 0 spiro atoms. The van der Waals surface area contributed by atoms with Crippen LogP contribution in [0.5, 0.6) is 5.75 Å². The number of methoxy groups -OCH3 is 1. The Bertz CT molecular complexity index is 837. The summed E-state index contributed by atoms with van der Waals surface area (Å²) in [4.78, 5) is 19.0. The summed E-state index contributed by atoms with van der Waals surface area (Å²) in [5.74, 6) is 0.794. The number of imidazole rings is 1. The Labute approximate surface area is 133 Å². The summed E-state index contributed by atoms with van der Waals surface area (Å²) in [5, 5.41) is 5.42. The molecule has 0 aliphatic heterocycles. The molecule has 0 saturated carbocycles. The van der Waals surface area contributed by atoms with Crippen LogP contribution in [0.3, 0.4) is 0 Å². The van der Waals surface area contributed by atoms with Crippen molar-refractivity contribution >= 4 is 28.8 Å². The lowest BCUT2D eigenvalue weighted by Gasteiger charge is -2.04. The number of fused-ring (bicyclic) bond motifs is 1. The molecule has 0 unspecified atom stereocenters. The Morgan fingerprint density at radius 1 is 1.22 bits per heavy atom. The van der Waals surface area contributed by atoms with Gasteiger partial charge in [0.1, 0.15) is 5.75 Å². The zero-order valence-corrected chi connectivity index (χ0v) is 12.5. The summed E-state index contributed by atoms with van der Waals surface area (Å²) in [5.41, 5.74) is 3.38. The molecule has 6 heteroatoms. The Morgan fingerprint density at radius 3 is 2.83 bits per heavy atom. The van der Waals surface area contributed by atoms with Crippen molar-refractivity contribution < 1.29 is 9.53 Å². The number of urea groups is 1. The van der Waals surface area contributed by atoms with Gasteiger partial charge in [-0.1, -0.05) is 12.1 Å². The summed E-state index contributed by atoms with van der Waals surface area (Å²) in [6.07, 6.45) is 5.01. The van der Waals surface area contributed by atoms with Crippen LogP contribution in [0.25, 0.3) is 17.1 Å². The summed E-state index contributed by atoms with van der Waals surface area (Å²) in [6, 6.07) is 12.7. The minimum absolute atomic E-state index is 0.311. The van der Waals surface area contributed by atoms with Gasteiger partial charge in [-0.3, -0.25) is 0 Å². The van der Waals surface area contributed by atoms with E-state index in [1.807, 2.05) is 36.4 Å². The van der Waals surface area contributed by atoms with Crippen molar-refractivity contribution in [3.63, 3.8) is 0 Å². The summed E-state index contributed by atoms with van der Waals surface area (Å²) >= 11 is 0. The molecule has 23 heavy (non-hydrogen) atoms. The number of rotatable bonds is 4. The lowest BCUT2D eigenvalue weighted by molar-refractivity contribution is 0.255. The van der Waals surface area contributed by atoms with Crippen LogP contribution >= 0.6 is 0 Å². The van der Waals surface area contributed by atoms with Crippen molar-refractivity contribution in [3.05, 3.63) is 60.6 Å². The zero-order chi connectivity index (χ0) is 16.1. The first kappa shape index (κ1) is 14.6. The summed E-state index contributed by atoms with van der Waals surface area (Å²) < 4.78 is 5.09. The second kappa shape index (κ2) is 6.65. The monoisotopic (exact) mass is 308 g/mol. The molecule has 0 radical (unpaired) electrons. The molecule has 1 heterocycles. The Morgan fingerprint density at radius 2 is 2.04 bits per heavy atom. The lowest BCUT2D eigenvalue weighted by Crippen LogP contribution is -2.23. The number of nitrogens with one attached hydrogen (secondary N) is 3. The van der Waals surface area contributed by atoms with Gasteiger partial charge in [-0.05, 0) is 42.0 Å². The minimum Gasteiger partial charge on any atom is -0.497 e. The van der Waals surface area contributed by atoms with E-state index in [0.717, 1.165) is 22.3 Å². The highest BCUT2D eigenvalue weighted by Gasteiger charge is 2.01. The van der Waals surface area contributed by atoms with E-state index in [1.165, 1.54) is 0 Å². The molecule has 116 valence electrons. The predicted molar refractivity (Wildman–Crippen MR) is 90.3 cm³/mol. The number of hydrogen-bond acceptors (Lipinski definition) is 3. The topological polar surface area (TPSA) is 79.0 Å². The van der Waals surface area contributed by atoms with Gasteiger partial charge in [-0.25, -0.2) is 9.78 Å². The van der Waals surface area contributed by atoms with E-state index in [4.69, 9.17) is 4.74 Å². The number of H-pyrrole nitrogens is 1. The van der Waals surface area contributed by atoms with Crippen LogP contribution in [0.1, 0.15) is 5.56 Å². The van der Waals surface area contributed by atoms with Crippen LogP contribution in [0.15, 0.2) is 55.0 Å². The first-order chi connectivity index (χ1) is 11.2. The number of nitrogens with zero attached hydrogens (tertiary/aromatic N) is 1. The fourth-order valence-corrected chi connectivity index (χ4v) is 2.11. The standard InChI is InChI=1S/C17H16N4O2/c1-23-14-5-2-12(3-6-14)8-9-18-17(22)21-13-4-7-15-16(10-13)20-11-19-15/h2-11H,1H3,(H,19,20)(H2,18,21,22)/b9-8+. The van der Waals surface area contributed by atoms with E-state index in [-0.39, 0.29) is 6.03 Å². The van der Waals surface area contributed by atoms with Crippen LogP contribution in [-0.2, 0) is 0 Å². The van der Waals surface area contributed by atoms with Gasteiger partial charge in [0.2, 0.25) is 0 Å². The second-order valence-electron chi connectivity index (χ2n) is 4.84. The molecule has 3 rings (SSSR count). The Hall–Kier alpha value is -3.28. The first-order valence-corrected chi connectivity index (χ1v) is 7.06. The molecular weight excluding hydrogens is 292 g/mol. The van der Waals surface area contributed by atoms with Crippen LogP contribution in [-0.4, -0.2) is 23.1 Å². The average molecular weight is 308 g/mol. The fourth-order valence-electron chi connectivity index (χ4n) is 2.11. The maximum Gasteiger partial charge on any atom is 0.323 e. The highest BCUT2D eigenvalue weighted by atomic mass is 16.5. The zero-order valence-electron chi connectivity index (χ0n) is 12.5. The number of hydrogen-bond donors (Lipinski definition) is 3. The van der Waals surface area contributed by atoms with Crippen LogP contribution in [0, 0.1) is 0 Å². The number of aromatic amines is 1. The van der Waals surface area contributed by atoms with Crippen molar-refractivity contribution in [3.8, 4) is 5.75 Å². The Kier molecular flexibility index (Phi) is 4.24. The number of amides is 2. The molecule has 2 amide bonds. The van der Waals surface area contributed by atoms with Crippen LogP contribution in [0.4, 0.5) is 10.5 Å². The van der Waals surface area contributed by atoms with Crippen LogP contribution in [0.2, 0.25) is 0 Å². The van der Waals surface area contributed by atoms with E-state index >= 15 is 0 Å². The minimum atomic E-state index is -0.311. The normalized spacial score (nSPS) is 10.8. The first-order valence-electron chi connectivity index (χ1n) is 7.06. The molecule has 0 aliphatic rings. The molecule has 1 aromatic heterocycles. The molecule has 6 nitrogen and oxygen atoms in total. The molecule has 0 saturated heterocycles. The van der Waals surface area contributed by atoms with Gasteiger partial charge in [0, 0.05) is 11.9 Å². The van der Waals surface area contributed by atoms with Gasteiger partial charge in [0.05, 0.1) is 24.5 Å². The third-order valence-electron chi connectivity index (χ3n) is 3.28. The second-order valence-corrected chi connectivity index (χ2v) is 4.84. The van der Waals surface area contributed by atoms with Gasteiger partial charge in [0.25, 0.3) is 0 Å². The third-order valence-corrected chi connectivity index (χ3v) is 3.28. The lowest BCUT2D eigenvalue weighted by atomic mass is 10.2. The van der Waals surface area contributed by atoms with E-state index in [1.54, 1.807) is 31.8 Å². The van der Waals surface area contributed by atoms with Crippen molar-refractivity contribution in [2.75, 3.05) is 12.4 Å². The van der Waals surface area contributed by atoms with Crippen molar-refractivity contribution in [2.45, 2.75) is 0 Å². The fraction of sp³-hybridized carbons (Fsp3) is 0.0588. The number of benzene rings is 2. The molecule has 0 aliphatic carbocycles. The maximum atomic E-state index is 11.9. The molecule has 2 aromatic carbocycles. The average Bonchev–Trinajstić information content (AvgIpc) is 3.03. The molecule has 0 fully saturated rings. The predicted octanol–water partition coefficient (Wildman–Crippen LogP) is 3.36. The quantitative estimate of drug-likeness (QED) is 0.691. The third kappa shape index (κ3) is 3.68. The number of carbonyl (C=O) groups excluding carboxylic acids is 1. The number of anilines is 1. The van der Waals surface area contributed by atoms with Gasteiger partial charge in [-0.15, -0.1) is 0 Å². The van der Waals surface area contributed by atoms with Crippen molar-refractivity contribution in [1.29, 1.82) is 0 Å². The van der Waals surface area contributed by atoms with Gasteiger partial charge in [0.15, 0.2) is 0 Å². The number of aromatic nitrogens is 2. The van der Waals surface area contributed by atoms with Crippen LogP contribution < -0.4 is 15.4 Å². The van der Waals surface area contributed by atoms with Gasteiger partial charge >= 0.3 is 6.03 Å². The largest absolute Gasteiger partial charge is 0.497 e. The van der Waals surface area contributed by atoms with E-state index in [9.17, 15) is 4.79 Å². The molecule has 3 N–H and O–H groups in total. The van der Waals surface area contributed by atoms with Gasteiger partial charge in [-0.2, -0.15) is 0 Å². The highest BCUT2D eigenvalue weighted by molar-refractivity contribution is 5.92. The molecule has 0 atom stereocenters. The Balaban J connectivity index is 1.56. The van der Waals surface area contributed by atoms with E-state index in [0.29, 0.717) is 5.69 Å². The van der Waals surface area contributed by atoms with Crippen molar-refractivity contribution in [2.24, 2.45) is 0 Å².